The molecule has 1 amide bonds. The molecule has 2 fully saturated rings. The lowest BCUT2D eigenvalue weighted by Gasteiger charge is -2.50. The van der Waals surface area contributed by atoms with E-state index in [2.05, 4.69) is 17.2 Å². The van der Waals surface area contributed by atoms with Crippen LogP contribution in [0.15, 0.2) is 24.4 Å². The molecule has 2 saturated carbocycles. The van der Waals surface area contributed by atoms with Gasteiger partial charge < -0.3 is 15.2 Å². The van der Waals surface area contributed by atoms with Crippen molar-refractivity contribution in [3.63, 3.8) is 0 Å². The van der Waals surface area contributed by atoms with Gasteiger partial charge in [-0.25, -0.2) is 4.98 Å². The van der Waals surface area contributed by atoms with E-state index in [4.69, 9.17) is 9.84 Å². The van der Waals surface area contributed by atoms with Gasteiger partial charge in [0, 0.05) is 29.3 Å². The number of nitrogens with zero attached hydrogens (tertiary/aromatic N) is 1. The number of ether oxygens (including phenoxy) is 1. The summed E-state index contributed by atoms with van der Waals surface area (Å²) in [6.45, 7) is 4.10. The minimum Gasteiger partial charge on any atom is -0.481 e. The zero-order chi connectivity index (χ0) is 27.0. The quantitative estimate of drug-likeness (QED) is 0.346. The van der Waals surface area contributed by atoms with Crippen molar-refractivity contribution in [2.24, 2.45) is 23.2 Å². The summed E-state index contributed by atoms with van der Waals surface area (Å²) in [4.78, 5) is 53.9. The highest BCUT2D eigenvalue weighted by molar-refractivity contribution is 7.15. The Morgan fingerprint density at radius 1 is 1.21 bits per heavy atom. The third kappa shape index (κ3) is 5.25. The van der Waals surface area contributed by atoms with Crippen molar-refractivity contribution in [1.82, 2.24) is 4.98 Å². The molecule has 5 atom stereocenters. The third-order valence-corrected chi connectivity index (χ3v) is 9.75. The number of hydrogen-bond donors (Lipinski definition) is 2. The predicted octanol–water partition coefficient (Wildman–Crippen LogP) is 5.29. The van der Waals surface area contributed by atoms with E-state index in [0.29, 0.717) is 47.8 Å². The van der Waals surface area contributed by atoms with Gasteiger partial charge in [-0.1, -0.05) is 13.0 Å². The topological polar surface area (TPSA) is 123 Å². The largest absolute Gasteiger partial charge is 0.481 e. The fourth-order valence-corrected chi connectivity index (χ4v) is 7.93. The van der Waals surface area contributed by atoms with E-state index in [1.807, 2.05) is 19.1 Å². The van der Waals surface area contributed by atoms with Crippen LogP contribution in [0.3, 0.4) is 0 Å². The molecule has 5 rings (SSSR count). The Labute approximate surface area is 226 Å². The zero-order valence-electron chi connectivity index (χ0n) is 21.8. The van der Waals surface area contributed by atoms with Crippen LogP contribution in [0.4, 0.5) is 5.13 Å². The van der Waals surface area contributed by atoms with Gasteiger partial charge in [-0.3, -0.25) is 19.2 Å². The van der Waals surface area contributed by atoms with Crippen LogP contribution in [0.1, 0.15) is 80.2 Å². The van der Waals surface area contributed by atoms with Gasteiger partial charge in [0.2, 0.25) is 5.91 Å². The highest BCUT2D eigenvalue weighted by atomic mass is 32.1. The van der Waals surface area contributed by atoms with Gasteiger partial charge in [-0.15, -0.1) is 11.3 Å². The van der Waals surface area contributed by atoms with Crippen molar-refractivity contribution >= 4 is 40.1 Å². The number of rotatable bonds is 8. The Kier molecular flexibility index (Phi) is 7.40. The monoisotopic (exact) mass is 538 g/mol. The highest BCUT2D eigenvalue weighted by Crippen LogP contribution is 2.62. The number of ketones is 1. The summed E-state index contributed by atoms with van der Waals surface area (Å²) in [5.41, 5.74) is 2.10. The predicted molar refractivity (Wildman–Crippen MR) is 142 cm³/mol. The molecule has 38 heavy (non-hydrogen) atoms. The molecule has 9 heteroatoms. The van der Waals surface area contributed by atoms with Gasteiger partial charge in [0.05, 0.1) is 12.8 Å². The number of anilines is 1. The maximum absolute atomic E-state index is 13.2. The Morgan fingerprint density at radius 3 is 2.76 bits per heavy atom. The summed E-state index contributed by atoms with van der Waals surface area (Å²) in [7, 11) is 0. The summed E-state index contributed by atoms with van der Waals surface area (Å²) < 4.78 is 5.39. The second kappa shape index (κ2) is 10.6. The average molecular weight is 539 g/mol. The molecule has 0 radical (unpaired) electrons. The summed E-state index contributed by atoms with van der Waals surface area (Å²) in [6, 6.07) is 5.76. The van der Waals surface area contributed by atoms with Gasteiger partial charge in [0.15, 0.2) is 5.13 Å². The molecule has 1 heterocycles. The van der Waals surface area contributed by atoms with E-state index < -0.39 is 11.9 Å². The van der Waals surface area contributed by atoms with Crippen LogP contribution in [0.5, 0.6) is 5.75 Å². The van der Waals surface area contributed by atoms with Crippen molar-refractivity contribution in [2.45, 2.75) is 77.6 Å². The number of fused-ring (bicyclic) bond motifs is 5. The smallest absolute Gasteiger partial charge is 0.311 e. The lowest BCUT2D eigenvalue weighted by Crippen LogP contribution is -2.44. The lowest BCUT2D eigenvalue weighted by molar-refractivity contribution is -0.142. The number of aliphatic carboxylic acids is 1. The summed E-state index contributed by atoms with van der Waals surface area (Å²) in [5, 5.41) is 12.3. The van der Waals surface area contributed by atoms with E-state index in [1.54, 1.807) is 12.3 Å². The van der Waals surface area contributed by atoms with E-state index in [-0.39, 0.29) is 36.0 Å². The molecule has 0 spiro atoms. The normalized spacial score (nSPS) is 27.7. The molecule has 1 aromatic carbocycles. The van der Waals surface area contributed by atoms with Gasteiger partial charge in [0.1, 0.15) is 11.5 Å². The molecule has 5 unspecified atom stereocenters. The van der Waals surface area contributed by atoms with E-state index in [0.717, 1.165) is 36.1 Å². The molecule has 3 aliphatic rings. The zero-order valence-corrected chi connectivity index (χ0v) is 22.6. The molecule has 0 saturated heterocycles. The number of carbonyl (C=O) groups excluding carboxylic acids is 3. The molecule has 2 N–H and O–H groups in total. The Hall–Kier alpha value is -3.07. The molecular weight excluding hydrogens is 504 g/mol. The fraction of sp³-hybridized carbons (Fsp3) is 0.552. The number of carboxylic acid groups (broad SMARTS) is 1. The maximum atomic E-state index is 13.2. The van der Waals surface area contributed by atoms with Crippen LogP contribution in [0, 0.1) is 30.1 Å². The van der Waals surface area contributed by atoms with Crippen LogP contribution in [-0.2, 0) is 25.6 Å². The number of nitrogens with one attached hydrogen (secondary N) is 1. The first-order valence-electron chi connectivity index (χ1n) is 13.4. The molecule has 202 valence electrons. The van der Waals surface area contributed by atoms with E-state index in [9.17, 15) is 19.2 Å². The van der Waals surface area contributed by atoms with E-state index >= 15 is 0 Å². The summed E-state index contributed by atoms with van der Waals surface area (Å²) in [6.07, 6.45) is 6.57. The molecule has 2 aromatic rings. The second-order valence-electron chi connectivity index (χ2n) is 11.3. The van der Waals surface area contributed by atoms with Gasteiger partial charge in [0.25, 0.3) is 0 Å². The highest BCUT2D eigenvalue weighted by Gasteiger charge is 2.58. The number of aryl methyl sites for hydroxylation is 2. The lowest BCUT2D eigenvalue weighted by atomic mass is 9.54. The van der Waals surface area contributed by atoms with Gasteiger partial charge in [-0.05, 0) is 86.0 Å². The van der Waals surface area contributed by atoms with Crippen LogP contribution in [-0.4, -0.2) is 33.7 Å². The van der Waals surface area contributed by atoms with Crippen LogP contribution >= 0.6 is 11.3 Å². The Balaban J connectivity index is 1.28. The van der Waals surface area contributed by atoms with Crippen LogP contribution < -0.4 is 10.1 Å². The van der Waals surface area contributed by atoms with Gasteiger partial charge in [-0.2, -0.15) is 0 Å². The molecule has 3 aliphatic carbocycles. The number of Topliss-reactive ketones (excluding diaryl/α,β-unsaturated/α-hetero) is 1. The van der Waals surface area contributed by atoms with Crippen LogP contribution in [0.25, 0.3) is 0 Å². The number of amides is 1. The first-order valence-corrected chi connectivity index (χ1v) is 14.3. The first kappa shape index (κ1) is 26.5. The Morgan fingerprint density at radius 2 is 2.03 bits per heavy atom. The van der Waals surface area contributed by atoms with Crippen molar-refractivity contribution in [2.75, 3.05) is 5.32 Å². The standard InChI is InChI=1S/C29H34N2O6S/c1-16-15-30-28(38-16)31-24(33)8-4-18-14-23(32)29(2)12-11-21-20-7-5-19(37-26(36)10-9-25(34)35)13-17(20)3-6-22(21)27(18)29/h5,7,13,15,18,21-22,27H,3-4,6,8-12,14H2,1-2H3,(H,34,35)(H,30,31,33). The average Bonchev–Trinajstić information content (AvgIpc) is 3.40. The number of benzene rings is 1. The van der Waals surface area contributed by atoms with Crippen molar-refractivity contribution in [3.05, 3.63) is 40.4 Å². The van der Waals surface area contributed by atoms with Crippen molar-refractivity contribution in [3.8, 4) is 5.75 Å². The molecule has 1 aromatic heterocycles. The number of esters is 1. The molecular formula is C29H34N2O6S. The van der Waals surface area contributed by atoms with Crippen molar-refractivity contribution < 1.29 is 29.0 Å². The van der Waals surface area contributed by atoms with Crippen LogP contribution in [0.2, 0.25) is 0 Å². The van der Waals surface area contributed by atoms with Crippen molar-refractivity contribution in [1.29, 1.82) is 0 Å². The van der Waals surface area contributed by atoms with Gasteiger partial charge >= 0.3 is 11.9 Å². The number of hydrogen-bond acceptors (Lipinski definition) is 7. The second-order valence-corrected chi connectivity index (χ2v) is 12.5. The molecule has 0 aliphatic heterocycles. The van der Waals surface area contributed by atoms with E-state index in [1.165, 1.54) is 16.9 Å². The minimum atomic E-state index is -1.03. The third-order valence-electron chi connectivity index (χ3n) is 8.93. The number of aromatic nitrogens is 1. The summed E-state index contributed by atoms with van der Waals surface area (Å²) >= 11 is 1.46. The Bertz CT molecular complexity index is 1270. The maximum Gasteiger partial charge on any atom is 0.311 e. The number of carbonyl (C=O) groups is 4. The molecule has 0 bridgehead atoms. The number of thiazole rings is 1. The number of carboxylic acids is 1. The minimum absolute atomic E-state index is 0.0489. The first-order chi connectivity index (χ1) is 18.1. The molecule has 8 nitrogen and oxygen atoms in total. The SMILES string of the molecule is Cc1cnc(NC(=O)CCC2CC(=O)C3(C)CCC4c5ccc(OC(=O)CCC(=O)O)cc5CCC4C23)s1. The fourth-order valence-electron chi connectivity index (χ4n) is 7.25. The summed E-state index contributed by atoms with van der Waals surface area (Å²) in [5.74, 6) is 0.348.